The first-order valence-electron chi connectivity index (χ1n) is 7.84. The molecule has 0 aromatic heterocycles. The third kappa shape index (κ3) is 4.05. The second kappa shape index (κ2) is 7.66. The van der Waals surface area contributed by atoms with E-state index >= 15 is 0 Å². The quantitative estimate of drug-likeness (QED) is 0.786. The Balaban J connectivity index is 1.99. The first kappa shape index (κ1) is 14.5. The van der Waals surface area contributed by atoms with Crippen molar-refractivity contribution in [1.82, 2.24) is 10.2 Å². The summed E-state index contributed by atoms with van der Waals surface area (Å²) in [5.41, 5.74) is 1.46. The van der Waals surface area contributed by atoms with Crippen molar-refractivity contribution >= 4 is 0 Å². The van der Waals surface area contributed by atoms with Crippen LogP contribution in [0.4, 0.5) is 0 Å². The summed E-state index contributed by atoms with van der Waals surface area (Å²) in [6.45, 7) is 8.07. The zero-order valence-electron chi connectivity index (χ0n) is 12.4. The standard InChI is InChI=1S/C17H28N2/c1-3-4-6-9-15(2)19-13-12-18-14-17(19)16-10-7-5-8-11-16/h5,7-8,10-11,15,17-18H,3-4,6,9,12-14H2,1-2H3. The Hall–Kier alpha value is -0.860. The molecule has 1 aliphatic rings. The molecule has 1 fully saturated rings. The number of nitrogens with zero attached hydrogens (tertiary/aromatic N) is 1. The zero-order chi connectivity index (χ0) is 13.5. The highest BCUT2D eigenvalue weighted by Crippen LogP contribution is 2.26. The molecule has 0 bridgehead atoms. The van der Waals surface area contributed by atoms with Crippen molar-refractivity contribution < 1.29 is 0 Å². The molecule has 106 valence electrons. The van der Waals surface area contributed by atoms with Crippen LogP contribution in [0.3, 0.4) is 0 Å². The van der Waals surface area contributed by atoms with E-state index in [1.54, 1.807) is 0 Å². The largest absolute Gasteiger partial charge is 0.314 e. The van der Waals surface area contributed by atoms with E-state index in [1.807, 2.05) is 0 Å². The Morgan fingerprint density at radius 1 is 1.26 bits per heavy atom. The van der Waals surface area contributed by atoms with E-state index in [-0.39, 0.29) is 0 Å². The van der Waals surface area contributed by atoms with Gasteiger partial charge in [-0.05, 0) is 18.9 Å². The van der Waals surface area contributed by atoms with Gasteiger partial charge in [-0.25, -0.2) is 0 Å². The zero-order valence-corrected chi connectivity index (χ0v) is 12.4. The topological polar surface area (TPSA) is 15.3 Å². The lowest BCUT2D eigenvalue weighted by Crippen LogP contribution is -2.49. The molecule has 0 saturated carbocycles. The van der Waals surface area contributed by atoms with Crippen molar-refractivity contribution in [3.63, 3.8) is 0 Å². The lowest BCUT2D eigenvalue weighted by molar-refractivity contribution is 0.108. The van der Waals surface area contributed by atoms with Crippen LogP contribution in [0, 0.1) is 0 Å². The molecular weight excluding hydrogens is 232 g/mol. The number of rotatable bonds is 6. The molecule has 2 atom stereocenters. The second-order valence-corrected chi connectivity index (χ2v) is 5.71. The van der Waals surface area contributed by atoms with Crippen LogP contribution in [0.5, 0.6) is 0 Å². The molecule has 0 radical (unpaired) electrons. The lowest BCUT2D eigenvalue weighted by Gasteiger charge is -2.40. The Kier molecular flexibility index (Phi) is 5.87. The van der Waals surface area contributed by atoms with Gasteiger partial charge < -0.3 is 5.32 Å². The van der Waals surface area contributed by atoms with E-state index in [1.165, 1.54) is 37.8 Å². The fourth-order valence-electron chi connectivity index (χ4n) is 3.09. The van der Waals surface area contributed by atoms with Crippen LogP contribution in [0.15, 0.2) is 30.3 Å². The summed E-state index contributed by atoms with van der Waals surface area (Å²) in [6, 6.07) is 12.2. The van der Waals surface area contributed by atoms with Crippen molar-refractivity contribution in [2.24, 2.45) is 0 Å². The van der Waals surface area contributed by atoms with Gasteiger partial charge in [-0.1, -0.05) is 56.5 Å². The summed E-state index contributed by atoms with van der Waals surface area (Å²) in [6.07, 6.45) is 5.38. The van der Waals surface area contributed by atoms with Crippen LogP contribution in [-0.4, -0.2) is 30.6 Å². The highest BCUT2D eigenvalue weighted by molar-refractivity contribution is 5.20. The van der Waals surface area contributed by atoms with E-state index in [4.69, 9.17) is 0 Å². The van der Waals surface area contributed by atoms with Crippen molar-refractivity contribution in [3.05, 3.63) is 35.9 Å². The predicted molar refractivity (Wildman–Crippen MR) is 82.4 cm³/mol. The molecule has 1 aromatic rings. The molecule has 0 amide bonds. The van der Waals surface area contributed by atoms with Crippen LogP contribution in [-0.2, 0) is 0 Å². The molecule has 2 unspecified atom stereocenters. The number of hydrogen-bond donors (Lipinski definition) is 1. The van der Waals surface area contributed by atoms with Gasteiger partial charge in [0.25, 0.3) is 0 Å². The molecule has 1 aliphatic heterocycles. The highest BCUT2D eigenvalue weighted by Gasteiger charge is 2.26. The van der Waals surface area contributed by atoms with Crippen molar-refractivity contribution in [1.29, 1.82) is 0 Å². The Labute approximate surface area is 118 Å². The summed E-state index contributed by atoms with van der Waals surface area (Å²) in [4.78, 5) is 2.70. The van der Waals surface area contributed by atoms with E-state index in [9.17, 15) is 0 Å². The fourth-order valence-corrected chi connectivity index (χ4v) is 3.09. The summed E-state index contributed by atoms with van der Waals surface area (Å²) >= 11 is 0. The van der Waals surface area contributed by atoms with Crippen molar-refractivity contribution in [2.75, 3.05) is 19.6 Å². The summed E-state index contributed by atoms with van der Waals surface area (Å²) in [5, 5.41) is 3.54. The first-order valence-corrected chi connectivity index (χ1v) is 7.84. The van der Waals surface area contributed by atoms with Gasteiger partial charge in [0, 0.05) is 31.7 Å². The van der Waals surface area contributed by atoms with Crippen LogP contribution < -0.4 is 5.32 Å². The lowest BCUT2D eigenvalue weighted by atomic mass is 9.99. The minimum Gasteiger partial charge on any atom is -0.314 e. The summed E-state index contributed by atoms with van der Waals surface area (Å²) in [5.74, 6) is 0. The summed E-state index contributed by atoms with van der Waals surface area (Å²) in [7, 11) is 0. The molecule has 2 nitrogen and oxygen atoms in total. The van der Waals surface area contributed by atoms with Gasteiger partial charge in [0.05, 0.1) is 0 Å². The van der Waals surface area contributed by atoms with E-state index in [0.29, 0.717) is 12.1 Å². The van der Waals surface area contributed by atoms with Crippen molar-refractivity contribution in [2.45, 2.75) is 51.6 Å². The first-order chi connectivity index (χ1) is 9.33. The molecule has 1 heterocycles. The van der Waals surface area contributed by atoms with Gasteiger partial charge in [-0.15, -0.1) is 0 Å². The molecule has 2 heteroatoms. The Morgan fingerprint density at radius 2 is 2.05 bits per heavy atom. The Bertz CT molecular complexity index is 350. The van der Waals surface area contributed by atoms with Gasteiger partial charge >= 0.3 is 0 Å². The maximum Gasteiger partial charge on any atom is 0.0476 e. The number of nitrogens with one attached hydrogen (secondary N) is 1. The average Bonchev–Trinajstić information content (AvgIpc) is 2.48. The molecule has 0 spiro atoms. The summed E-state index contributed by atoms with van der Waals surface area (Å²) < 4.78 is 0. The molecule has 1 N–H and O–H groups in total. The number of hydrogen-bond acceptors (Lipinski definition) is 2. The Morgan fingerprint density at radius 3 is 2.79 bits per heavy atom. The average molecular weight is 260 g/mol. The van der Waals surface area contributed by atoms with Gasteiger partial charge in [0.1, 0.15) is 0 Å². The molecule has 1 saturated heterocycles. The van der Waals surface area contributed by atoms with Crippen LogP contribution in [0.1, 0.15) is 51.1 Å². The maximum atomic E-state index is 3.54. The minimum absolute atomic E-state index is 0.548. The second-order valence-electron chi connectivity index (χ2n) is 5.71. The van der Waals surface area contributed by atoms with Crippen LogP contribution in [0.2, 0.25) is 0 Å². The van der Waals surface area contributed by atoms with Gasteiger partial charge in [0.2, 0.25) is 0 Å². The molecule has 19 heavy (non-hydrogen) atoms. The number of unbranched alkanes of at least 4 members (excludes halogenated alkanes) is 2. The molecule has 0 aliphatic carbocycles. The van der Waals surface area contributed by atoms with Crippen molar-refractivity contribution in [3.8, 4) is 0 Å². The smallest absolute Gasteiger partial charge is 0.0476 e. The SMILES string of the molecule is CCCCCC(C)N1CCNCC1c1ccccc1. The fraction of sp³-hybridized carbons (Fsp3) is 0.647. The molecule has 1 aromatic carbocycles. The monoisotopic (exact) mass is 260 g/mol. The third-order valence-corrected chi connectivity index (χ3v) is 4.26. The maximum absolute atomic E-state index is 3.54. The van der Waals surface area contributed by atoms with Gasteiger partial charge in [-0.2, -0.15) is 0 Å². The van der Waals surface area contributed by atoms with Gasteiger partial charge in [0.15, 0.2) is 0 Å². The van der Waals surface area contributed by atoms with E-state index in [0.717, 1.165) is 13.1 Å². The minimum atomic E-state index is 0.548. The number of piperazine rings is 1. The van der Waals surface area contributed by atoms with E-state index in [2.05, 4.69) is 54.4 Å². The number of benzene rings is 1. The highest BCUT2D eigenvalue weighted by atomic mass is 15.2. The molecular formula is C17H28N2. The van der Waals surface area contributed by atoms with Crippen LogP contribution >= 0.6 is 0 Å². The van der Waals surface area contributed by atoms with Crippen LogP contribution in [0.25, 0.3) is 0 Å². The molecule has 2 rings (SSSR count). The van der Waals surface area contributed by atoms with E-state index < -0.39 is 0 Å². The third-order valence-electron chi connectivity index (χ3n) is 4.26. The normalized spacial score (nSPS) is 22.3. The van der Waals surface area contributed by atoms with Gasteiger partial charge in [-0.3, -0.25) is 4.90 Å². The predicted octanol–water partition coefficient (Wildman–Crippen LogP) is 3.60.